The number of amides is 1. The minimum atomic E-state index is -0.0962. The molecule has 15 heavy (non-hydrogen) atoms. The number of anilines is 1. The van der Waals surface area contributed by atoms with Crippen molar-refractivity contribution >= 4 is 11.6 Å². The van der Waals surface area contributed by atoms with Crippen LogP contribution in [0.4, 0.5) is 5.69 Å². The molecule has 0 heterocycles. The summed E-state index contributed by atoms with van der Waals surface area (Å²) in [5, 5.41) is 5.89. The van der Waals surface area contributed by atoms with Crippen LogP contribution in [0.5, 0.6) is 0 Å². The molecule has 0 radical (unpaired) electrons. The predicted molar refractivity (Wildman–Crippen MR) is 62.6 cm³/mol. The van der Waals surface area contributed by atoms with E-state index in [0.717, 1.165) is 17.8 Å². The van der Waals surface area contributed by atoms with Crippen molar-refractivity contribution in [2.75, 3.05) is 12.4 Å². The zero-order chi connectivity index (χ0) is 11.1. The zero-order valence-electron chi connectivity index (χ0n) is 9.08. The number of rotatable bonds is 4. The van der Waals surface area contributed by atoms with Gasteiger partial charge < -0.3 is 10.6 Å². The maximum Gasteiger partial charge on any atom is 0.248 e. The first-order valence-electron chi connectivity index (χ1n) is 4.94. The molecule has 0 unspecified atom stereocenters. The molecule has 0 atom stereocenters. The Kier molecular flexibility index (Phi) is 4.57. The van der Waals surface area contributed by atoms with Crippen LogP contribution in [0.15, 0.2) is 36.4 Å². The Morgan fingerprint density at radius 1 is 1.40 bits per heavy atom. The number of para-hydroxylation sites is 1. The summed E-state index contributed by atoms with van der Waals surface area (Å²) < 4.78 is 0. The molecule has 1 aromatic rings. The first kappa shape index (κ1) is 11.5. The Morgan fingerprint density at radius 3 is 2.80 bits per heavy atom. The number of hydrogen-bond donors (Lipinski definition) is 2. The van der Waals surface area contributed by atoms with Crippen LogP contribution in [0, 0.1) is 0 Å². The molecule has 0 aliphatic rings. The molecule has 0 aromatic heterocycles. The van der Waals surface area contributed by atoms with Crippen molar-refractivity contribution in [3.8, 4) is 0 Å². The summed E-state index contributed by atoms with van der Waals surface area (Å²) in [7, 11) is 1.88. The van der Waals surface area contributed by atoms with Crippen LogP contribution < -0.4 is 10.6 Å². The standard InChI is InChI=1S/C12H16N2O/c1-3-6-12(15)14-11-8-5-4-7-10(11)9-13-2/h3-8,13H,9H2,1-2H3,(H,14,15)/b6-3+. The molecule has 0 fully saturated rings. The lowest BCUT2D eigenvalue weighted by Crippen LogP contribution is -2.12. The molecule has 0 saturated heterocycles. The summed E-state index contributed by atoms with van der Waals surface area (Å²) >= 11 is 0. The second-order valence-corrected chi connectivity index (χ2v) is 3.18. The molecular weight excluding hydrogens is 188 g/mol. The lowest BCUT2D eigenvalue weighted by molar-refractivity contribution is -0.111. The molecule has 3 heteroatoms. The fourth-order valence-electron chi connectivity index (χ4n) is 1.31. The molecule has 80 valence electrons. The number of hydrogen-bond acceptors (Lipinski definition) is 2. The molecule has 0 aliphatic carbocycles. The Labute approximate surface area is 90.2 Å². The van der Waals surface area contributed by atoms with Crippen LogP contribution in [0.2, 0.25) is 0 Å². The van der Waals surface area contributed by atoms with E-state index in [0.29, 0.717) is 0 Å². The molecule has 0 aliphatic heterocycles. The van der Waals surface area contributed by atoms with E-state index in [4.69, 9.17) is 0 Å². The highest BCUT2D eigenvalue weighted by molar-refractivity contribution is 5.99. The lowest BCUT2D eigenvalue weighted by atomic mass is 10.1. The molecule has 0 saturated carbocycles. The fourth-order valence-corrected chi connectivity index (χ4v) is 1.31. The van der Waals surface area contributed by atoms with E-state index in [1.54, 1.807) is 6.08 Å². The smallest absolute Gasteiger partial charge is 0.248 e. The number of benzene rings is 1. The van der Waals surface area contributed by atoms with Gasteiger partial charge in [-0.25, -0.2) is 0 Å². The topological polar surface area (TPSA) is 41.1 Å². The van der Waals surface area contributed by atoms with E-state index < -0.39 is 0 Å². The largest absolute Gasteiger partial charge is 0.322 e. The summed E-state index contributed by atoms with van der Waals surface area (Å²) in [4.78, 5) is 11.4. The number of carbonyl (C=O) groups is 1. The number of carbonyl (C=O) groups excluding carboxylic acids is 1. The van der Waals surface area contributed by atoms with Crippen molar-refractivity contribution < 1.29 is 4.79 Å². The van der Waals surface area contributed by atoms with E-state index in [1.807, 2.05) is 38.2 Å². The zero-order valence-corrected chi connectivity index (χ0v) is 9.08. The van der Waals surface area contributed by atoms with Crippen LogP contribution in [-0.4, -0.2) is 13.0 Å². The fraction of sp³-hybridized carbons (Fsp3) is 0.250. The summed E-state index contributed by atoms with van der Waals surface area (Å²) in [5.41, 5.74) is 1.94. The number of allylic oxidation sites excluding steroid dienone is 1. The summed E-state index contributed by atoms with van der Waals surface area (Å²) in [6.07, 6.45) is 3.23. The van der Waals surface area contributed by atoms with Gasteiger partial charge in [0.25, 0.3) is 0 Å². The molecular formula is C12H16N2O. The Balaban J connectivity index is 2.79. The van der Waals surface area contributed by atoms with Crippen molar-refractivity contribution in [3.63, 3.8) is 0 Å². The van der Waals surface area contributed by atoms with Gasteiger partial charge in [-0.3, -0.25) is 4.79 Å². The third-order valence-electron chi connectivity index (χ3n) is 1.96. The quantitative estimate of drug-likeness (QED) is 0.736. The van der Waals surface area contributed by atoms with Crippen molar-refractivity contribution in [1.82, 2.24) is 5.32 Å². The van der Waals surface area contributed by atoms with Crippen molar-refractivity contribution in [2.45, 2.75) is 13.5 Å². The Morgan fingerprint density at radius 2 is 2.13 bits per heavy atom. The SMILES string of the molecule is C/C=C/C(=O)Nc1ccccc1CNC. The van der Waals surface area contributed by atoms with Crippen LogP contribution >= 0.6 is 0 Å². The maximum absolute atomic E-state index is 11.4. The lowest BCUT2D eigenvalue weighted by Gasteiger charge is -2.08. The second kappa shape index (κ2) is 5.98. The van der Waals surface area contributed by atoms with Crippen molar-refractivity contribution in [2.24, 2.45) is 0 Å². The van der Waals surface area contributed by atoms with Crippen LogP contribution in [0.3, 0.4) is 0 Å². The van der Waals surface area contributed by atoms with Crippen molar-refractivity contribution in [3.05, 3.63) is 42.0 Å². The second-order valence-electron chi connectivity index (χ2n) is 3.18. The van der Waals surface area contributed by atoms with Gasteiger partial charge in [0.05, 0.1) is 0 Å². The van der Waals surface area contributed by atoms with Crippen molar-refractivity contribution in [1.29, 1.82) is 0 Å². The van der Waals surface area contributed by atoms with E-state index >= 15 is 0 Å². The van der Waals surface area contributed by atoms with E-state index in [2.05, 4.69) is 10.6 Å². The van der Waals surface area contributed by atoms with Gasteiger partial charge in [-0.05, 0) is 31.7 Å². The van der Waals surface area contributed by atoms with E-state index in [9.17, 15) is 4.79 Å². The number of nitrogens with one attached hydrogen (secondary N) is 2. The first-order chi connectivity index (χ1) is 7.27. The van der Waals surface area contributed by atoms with Gasteiger partial charge in [-0.1, -0.05) is 24.3 Å². The van der Waals surface area contributed by atoms with Gasteiger partial charge in [0, 0.05) is 12.2 Å². The maximum atomic E-state index is 11.4. The van der Waals surface area contributed by atoms with Gasteiger partial charge >= 0.3 is 0 Å². The van der Waals surface area contributed by atoms with Crippen LogP contribution in [-0.2, 0) is 11.3 Å². The first-order valence-corrected chi connectivity index (χ1v) is 4.94. The van der Waals surface area contributed by atoms with Gasteiger partial charge in [0.15, 0.2) is 0 Å². The normalized spacial score (nSPS) is 10.5. The Bertz CT molecular complexity index is 358. The highest BCUT2D eigenvalue weighted by Crippen LogP contribution is 2.14. The average Bonchev–Trinajstić information content (AvgIpc) is 2.21. The summed E-state index contributed by atoms with van der Waals surface area (Å²) in [6.45, 7) is 2.56. The molecule has 1 amide bonds. The van der Waals surface area contributed by atoms with Gasteiger partial charge in [0.1, 0.15) is 0 Å². The average molecular weight is 204 g/mol. The molecule has 1 rings (SSSR count). The highest BCUT2D eigenvalue weighted by Gasteiger charge is 2.02. The molecule has 1 aromatic carbocycles. The Hall–Kier alpha value is -1.61. The molecule has 2 N–H and O–H groups in total. The highest BCUT2D eigenvalue weighted by atomic mass is 16.1. The van der Waals surface area contributed by atoms with Crippen LogP contribution in [0.25, 0.3) is 0 Å². The minimum absolute atomic E-state index is 0.0962. The molecule has 3 nitrogen and oxygen atoms in total. The third kappa shape index (κ3) is 3.56. The third-order valence-corrected chi connectivity index (χ3v) is 1.96. The van der Waals surface area contributed by atoms with E-state index in [1.165, 1.54) is 6.08 Å². The summed E-state index contributed by atoms with van der Waals surface area (Å²) in [5.74, 6) is -0.0962. The monoisotopic (exact) mass is 204 g/mol. The summed E-state index contributed by atoms with van der Waals surface area (Å²) in [6, 6.07) is 7.75. The molecule has 0 spiro atoms. The van der Waals surface area contributed by atoms with Crippen LogP contribution in [0.1, 0.15) is 12.5 Å². The van der Waals surface area contributed by atoms with E-state index in [-0.39, 0.29) is 5.91 Å². The predicted octanol–water partition coefficient (Wildman–Crippen LogP) is 1.92. The van der Waals surface area contributed by atoms with Gasteiger partial charge in [-0.15, -0.1) is 0 Å². The molecule has 0 bridgehead atoms. The van der Waals surface area contributed by atoms with Gasteiger partial charge in [0.2, 0.25) is 5.91 Å². The minimum Gasteiger partial charge on any atom is -0.322 e. The van der Waals surface area contributed by atoms with Gasteiger partial charge in [-0.2, -0.15) is 0 Å².